The molecule has 0 spiro atoms. The van der Waals surface area contributed by atoms with Crippen molar-refractivity contribution in [3.05, 3.63) is 40.2 Å². The van der Waals surface area contributed by atoms with Crippen LogP contribution in [-0.2, 0) is 0 Å². The number of carbonyl (C=O) groups excluding carboxylic acids is 1. The van der Waals surface area contributed by atoms with Gasteiger partial charge in [-0.3, -0.25) is 4.79 Å². The van der Waals surface area contributed by atoms with Gasteiger partial charge in [-0.2, -0.15) is 13.2 Å². The van der Waals surface area contributed by atoms with Crippen LogP contribution in [0.4, 0.5) is 13.2 Å². The summed E-state index contributed by atoms with van der Waals surface area (Å²) in [5.74, 6) is -0.910. The highest BCUT2D eigenvalue weighted by molar-refractivity contribution is 7.16. The molecule has 1 aromatic heterocycles. The first kappa shape index (κ1) is 15.7. The second-order valence-corrected chi connectivity index (χ2v) is 5.54. The third-order valence-corrected chi connectivity index (χ3v) is 3.80. The topological polar surface area (TPSA) is 49.3 Å². The monoisotopic (exact) mass is 335 g/mol. The van der Waals surface area contributed by atoms with E-state index in [1.54, 1.807) is 29.6 Å². The lowest BCUT2D eigenvalue weighted by atomic mass is 10.1. The molecule has 0 aliphatic rings. The maximum Gasteiger partial charge on any atom is 0.405 e. The van der Waals surface area contributed by atoms with E-state index in [2.05, 4.69) is 0 Å². The summed E-state index contributed by atoms with van der Waals surface area (Å²) in [6.45, 7) is -1.44. The van der Waals surface area contributed by atoms with Crippen molar-refractivity contribution < 1.29 is 23.1 Å². The third kappa shape index (κ3) is 3.89. The molecule has 1 aromatic carbocycles. The molecule has 2 N–H and O–H groups in total. The fourth-order valence-electron chi connectivity index (χ4n) is 1.69. The minimum atomic E-state index is -4.50. The minimum Gasteiger partial charge on any atom is -0.499 e. The number of thiophene rings is 1. The number of nitrogens with one attached hydrogen (secondary N) is 1. The summed E-state index contributed by atoms with van der Waals surface area (Å²) in [6, 6.07) is 7.86. The van der Waals surface area contributed by atoms with Crippen molar-refractivity contribution in [1.29, 1.82) is 0 Å². The molecular weight excluding hydrogens is 327 g/mol. The Morgan fingerprint density at radius 2 is 1.95 bits per heavy atom. The SMILES string of the molecule is O=C(NCC(F)(F)F)c1sc(O)cc1-c1ccccc1Cl. The van der Waals surface area contributed by atoms with E-state index in [1.165, 1.54) is 6.07 Å². The van der Waals surface area contributed by atoms with Gasteiger partial charge in [-0.15, -0.1) is 0 Å². The van der Waals surface area contributed by atoms with Crippen molar-refractivity contribution in [2.45, 2.75) is 6.18 Å². The van der Waals surface area contributed by atoms with Gasteiger partial charge in [0.25, 0.3) is 5.91 Å². The van der Waals surface area contributed by atoms with E-state index in [0.29, 0.717) is 27.5 Å². The van der Waals surface area contributed by atoms with E-state index in [9.17, 15) is 23.1 Å². The van der Waals surface area contributed by atoms with Gasteiger partial charge in [0.15, 0.2) is 5.06 Å². The van der Waals surface area contributed by atoms with Gasteiger partial charge in [0.1, 0.15) is 11.4 Å². The number of rotatable bonds is 3. The smallest absolute Gasteiger partial charge is 0.405 e. The first-order valence-electron chi connectivity index (χ1n) is 5.70. The summed E-state index contributed by atoms with van der Waals surface area (Å²) >= 11 is 6.70. The fourth-order valence-corrected chi connectivity index (χ4v) is 2.75. The number of amides is 1. The summed E-state index contributed by atoms with van der Waals surface area (Å²) in [7, 11) is 0. The zero-order chi connectivity index (χ0) is 15.6. The zero-order valence-corrected chi connectivity index (χ0v) is 11.9. The number of aromatic hydroxyl groups is 1. The maximum absolute atomic E-state index is 12.1. The lowest BCUT2D eigenvalue weighted by Crippen LogP contribution is -2.33. The lowest BCUT2D eigenvalue weighted by Gasteiger charge is -2.09. The number of halogens is 4. The zero-order valence-electron chi connectivity index (χ0n) is 10.4. The molecule has 0 saturated heterocycles. The van der Waals surface area contributed by atoms with Crippen molar-refractivity contribution in [3.63, 3.8) is 0 Å². The molecule has 0 unspecified atom stereocenters. The van der Waals surface area contributed by atoms with Crippen LogP contribution in [0.5, 0.6) is 5.06 Å². The fraction of sp³-hybridized carbons (Fsp3) is 0.154. The Bertz CT molecular complexity index is 670. The van der Waals surface area contributed by atoms with Gasteiger partial charge in [0.05, 0.1) is 0 Å². The molecule has 0 aliphatic heterocycles. The highest BCUT2D eigenvalue weighted by Gasteiger charge is 2.29. The van der Waals surface area contributed by atoms with Crippen LogP contribution in [0.2, 0.25) is 5.02 Å². The molecule has 3 nitrogen and oxygen atoms in total. The van der Waals surface area contributed by atoms with Gasteiger partial charge >= 0.3 is 6.18 Å². The Morgan fingerprint density at radius 3 is 2.57 bits per heavy atom. The van der Waals surface area contributed by atoms with E-state index in [4.69, 9.17) is 11.6 Å². The summed E-state index contributed by atoms with van der Waals surface area (Å²) in [4.78, 5) is 11.8. The molecule has 2 aromatic rings. The first-order valence-corrected chi connectivity index (χ1v) is 6.90. The molecule has 2 rings (SSSR count). The molecule has 8 heteroatoms. The highest BCUT2D eigenvalue weighted by Crippen LogP contribution is 2.38. The highest BCUT2D eigenvalue weighted by atomic mass is 35.5. The second kappa shape index (κ2) is 5.95. The molecule has 112 valence electrons. The molecule has 1 amide bonds. The van der Waals surface area contributed by atoms with Crippen molar-refractivity contribution in [2.24, 2.45) is 0 Å². The van der Waals surface area contributed by atoms with Crippen LogP contribution in [0.3, 0.4) is 0 Å². The molecule has 1 heterocycles. The van der Waals surface area contributed by atoms with Crippen LogP contribution in [0.25, 0.3) is 11.1 Å². The van der Waals surface area contributed by atoms with Crippen molar-refractivity contribution in [1.82, 2.24) is 5.32 Å². The lowest BCUT2D eigenvalue weighted by molar-refractivity contribution is -0.123. The molecule has 21 heavy (non-hydrogen) atoms. The average molecular weight is 336 g/mol. The van der Waals surface area contributed by atoms with E-state index in [1.807, 2.05) is 0 Å². The number of alkyl halides is 3. The Kier molecular flexibility index (Phi) is 4.43. The molecule has 0 saturated carbocycles. The van der Waals surface area contributed by atoms with Crippen LogP contribution in [0, 0.1) is 0 Å². The minimum absolute atomic E-state index is 0.0233. The van der Waals surface area contributed by atoms with Crippen LogP contribution in [0.1, 0.15) is 9.67 Å². The number of hydrogen-bond donors (Lipinski definition) is 2. The predicted molar refractivity (Wildman–Crippen MR) is 74.8 cm³/mol. The third-order valence-electron chi connectivity index (χ3n) is 2.54. The Hall–Kier alpha value is -1.73. The standard InChI is InChI=1S/C13H9ClF3NO2S/c14-9-4-2-1-3-7(9)8-5-10(19)21-11(8)12(20)18-6-13(15,16)17/h1-5,19H,6H2,(H,18,20). The van der Waals surface area contributed by atoms with E-state index >= 15 is 0 Å². The van der Waals surface area contributed by atoms with Crippen molar-refractivity contribution >= 4 is 28.8 Å². The summed E-state index contributed by atoms with van der Waals surface area (Å²) in [5, 5.41) is 11.5. The van der Waals surface area contributed by atoms with Gasteiger partial charge in [-0.1, -0.05) is 41.1 Å². The largest absolute Gasteiger partial charge is 0.499 e. The van der Waals surface area contributed by atoms with Gasteiger partial charge in [0, 0.05) is 22.2 Å². The Balaban J connectivity index is 2.34. The summed E-state index contributed by atoms with van der Waals surface area (Å²) < 4.78 is 36.4. The van der Waals surface area contributed by atoms with Crippen LogP contribution >= 0.6 is 22.9 Å². The Labute approximate surface area is 127 Å². The molecular formula is C13H9ClF3NO2S. The molecule has 0 radical (unpaired) electrons. The van der Waals surface area contributed by atoms with Crippen LogP contribution in [-0.4, -0.2) is 23.7 Å². The quantitative estimate of drug-likeness (QED) is 0.888. The van der Waals surface area contributed by atoms with Gasteiger partial charge in [-0.05, 0) is 6.07 Å². The number of benzene rings is 1. The van der Waals surface area contributed by atoms with Crippen molar-refractivity contribution in [3.8, 4) is 16.2 Å². The average Bonchev–Trinajstić information content (AvgIpc) is 2.77. The van der Waals surface area contributed by atoms with E-state index in [-0.39, 0.29) is 9.94 Å². The van der Waals surface area contributed by atoms with Crippen LogP contribution < -0.4 is 5.32 Å². The predicted octanol–water partition coefficient (Wildman–Crippen LogP) is 4.07. The second-order valence-electron chi connectivity index (χ2n) is 4.11. The maximum atomic E-state index is 12.1. The normalized spacial score (nSPS) is 11.4. The van der Waals surface area contributed by atoms with E-state index < -0.39 is 18.6 Å². The van der Waals surface area contributed by atoms with Gasteiger partial charge in [-0.25, -0.2) is 0 Å². The van der Waals surface area contributed by atoms with Crippen LogP contribution in [0.15, 0.2) is 30.3 Å². The molecule has 0 bridgehead atoms. The van der Waals surface area contributed by atoms with Gasteiger partial charge < -0.3 is 10.4 Å². The Morgan fingerprint density at radius 1 is 1.29 bits per heavy atom. The van der Waals surface area contributed by atoms with Crippen molar-refractivity contribution in [2.75, 3.05) is 6.54 Å². The summed E-state index contributed by atoms with van der Waals surface area (Å²) in [6.07, 6.45) is -4.50. The first-order chi connectivity index (χ1) is 9.78. The summed E-state index contributed by atoms with van der Waals surface area (Å²) in [5.41, 5.74) is 0.760. The number of hydrogen-bond acceptors (Lipinski definition) is 3. The van der Waals surface area contributed by atoms with E-state index in [0.717, 1.165) is 0 Å². The van der Waals surface area contributed by atoms with Gasteiger partial charge in [0.2, 0.25) is 0 Å². The number of carbonyl (C=O) groups is 1. The molecule has 0 fully saturated rings. The molecule has 0 atom stereocenters. The molecule has 0 aliphatic carbocycles.